The molecule has 0 aliphatic rings. The van der Waals surface area contributed by atoms with Crippen LogP contribution in [0.1, 0.15) is 12.5 Å². The SMILES string of the molecule is CC(=O)N(C)c1ccc(F)cc1NS(=O)(=O)c1ccc(F)cc1C. The molecule has 128 valence electrons. The quantitative estimate of drug-likeness (QED) is 0.918. The summed E-state index contributed by atoms with van der Waals surface area (Å²) in [6.45, 7) is 2.75. The molecule has 0 spiro atoms. The first kappa shape index (κ1) is 17.9. The van der Waals surface area contributed by atoms with E-state index in [0.717, 1.165) is 30.3 Å². The number of benzene rings is 2. The normalized spacial score (nSPS) is 11.2. The third-order valence-electron chi connectivity index (χ3n) is 3.46. The monoisotopic (exact) mass is 354 g/mol. The molecule has 0 radical (unpaired) electrons. The number of sulfonamides is 1. The molecule has 0 aliphatic carbocycles. The molecule has 5 nitrogen and oxygen atoms in total. The standard InChI is InChI=1S/C16H16F2N2O3S/c1-10-8-12(17)5-7-16(10)24(22,23)19-14-9-13(18)4-6-15(14)20(3)11(2)21/h4-9,19H,1-3H3. The molecule has 2 rings (SSSR count). The minimum Gasteiger partial charge on any atom is -0.314 e. The Kier molecular flexibility index (Phi) is 4.88. The van der Waals surface area contributed by atoms with Gasteiger partial charge >= 0.3 is 0 Å². The van der Waals surface area contributed by atoms with E-state index in [0.29, 0.717) is 0 Å². The molecule has 0 saturated carbocycles. The number of nitrogens with zero attached hydrogens (tertiary/aromatic N) is 1. The van der Waals surface area contributed by atoms with E-state index >= 15 is 0 Å². The second kappa shape index (κ2) is 6.56. The van der Waals surface area contributed by atoms with Crippen molar-refractivity contribution in [3.8, 4) is 0 Å². The van der Waals surface area contributed by atoms with E-state index in [4.69, 9.17) is 0 Å². The Morgan fingerprint density at radius 2 is 1.67 bits per heavy atom. The molecule has 0 aliphatic heterocycles. The summed E-state index contributed by atoms with van der Waals surface area (Å²) in [5, 5.41) is 0. The van der Waals surface area contributed by atoms with Gasteiger partial charge in [0.2, 0.25) is 5.91 Å². The third kappa shape index (κ3) is 3.70. The average Bonchev–Trinajstić information content (AvgIpc) is 2.45. The molecular formula is C16H16F2N2O3S. The van der Waals surface area contributed by atoms with E-state index < -0.39 is 21.7 Å². The van der Waals surface area contributed by atoms with Gasteiger partial charge in [-0.1, -0.05) is 0 Å². The van der Waals surface area contributed by atoms with Gasteiger partial charge in [0.25, 0.3) is 10.0 Å². The zero-order valence-corrected chi connectivity index (χ0v) is 14.1. The Hall–Kier alpha value is -2.48. The van der Waals surface area contributed by atoms with Gasteiger partial charge in [-0.25, -0.2) is 17.2 Å². The first-order valence-electron chi connectivity index (χ1n) is 6.94. The van der Waals surface area contributed by atoms with Crippen LogP contribution in [-0.4, -0.2) is 21.4 Å². The predicted molar refractivity (Wildman–Crippen MR) is 87.4 cm³/mol. The lowest BCUT2D eigenvalue weighted by Crippen LogP contribution is -2.25. The molecule has 0 aromatic heterocycles. The second-order valence-corrected chi connectivity index (χ2v) is 6.91. The minimum absolute atomic E-state index is 0.0866. The van der Waals surface area contributed by atoms with Crippen LogP contribution < -0.4 is 9.62 Å². The maximum atomic E-state index is 13.5. The van der Waals surface area contributed by atoms with Gasteiger partial charge in [0.1, 0.15) is 11.6 Å². The van der Waals surface area contributed by atoms with Crippen molar-refractivity contribution in [2.45, 2.75) is 18.7 Å². The summed E-state index contributed by atoms with van der Waals surface area (Å²) < 4.78 is 54.0. The Bertz CT molecular complexity index is 898. The van der Waals surface area contributed by atoms with Crippen molar-refractivity contribution in [1.29, 1.82) is 0 Å². The van der Waals surface area contributed by atoms with Crippen LogP contribution in [0.4, 0.5) is 20.2 Å². The molecule has 0 unspecified atom stereocenters. The summed E-state index contributed by atoms with van der Waals surface area (Å²) >= 11 is 0. The molecule has 24 heavy (non-hydrogen) atoms. The molecule has 0 saturated heterocycles. The number of amides is 1. The van der Waals surface area contributed by atoms with Gasteiger partial charge in [0.05, 0.1) is 16.3 Å². The van der Waals surface area contributed by atoms with Crippen molar-refractivity contribution in [1.82, 2.24) is 0 Å². The van der Waals surface area contributed by atoms with Gasteiger partial charge in [-0.3, -0.25) is 9.52 Å². The number of aryl methyl sites for hydroxylation is 1. The highest BCUT2D eigenvalue weighted by atomic mass is 32.2. The van der Waals surface area contributed by atoms with Gasteiger partial charge < -0.3 is 4.90 Å². The van der Waals surface area contributed by atoms with E-state index in [-0.39, 0.29) is 27.7 Å². The van der Waals surface area contributed by atoms with Crippen LogP contribution in [0.15, 0.2) is 41.3 Å². The molecule has 0 bridgehead atoms. The highest BCUT2D eigenvalue weighted by molar-refractivity contribution is 7.92. The predicted octanol–water partition coefficient (Wildman–Crippen LogP) is 3.06. The van der Waals surface area contributed by atoms with Crippen molar-refractivity contribution < 1.29 is 22.0 Å². The first-order valence-corrected chi connectivity index (χ1v) is 8.43. The Morgan fingerprint density at radius 3 is 2.25 bits per heavy atom. The van der Waals surface area contributed by atoms with Crippen molar-refractivity contribution in [2.24, 2.45) is 0 Å². The largest absolute Gasteiger partial charge is 0.314 e. The number of hydrogen-bond acceptors (Lipinski definition) is 3. The lowest BCUT2D eigenvalue weighted by molar-refractivity contribution is -0.116. The zero-order valence-electron chi connectivity index (χ0n) is 13.3. The Labute approximate surface area is 139 Å². The summed E-state index contributed by atoms with van der Waals surface area (Å²) in [5.74, 6) is -1.57. The lowest BCUT2D eigenvalue weighted by Gasteiger charge is -2.20. The maximum absolute atomic E-state index is 13.5. The average molecular weight is 354 g/mol. The molecule has 0 fully saturated rings. The van der Waals surface area contributed by atoms with Crippen molar-refractivity contribution in [3.05, 3.63) is 53.6 Å². The fraction of sp³-hybridized carbons (Fsp3) is 0.188. The molecule has 2 aromatic carbocycles. The van der Waals surface area contributed by atoms with Crippen molar-refractivity contribution >= 4 is 27.3 Å². The van der Waals surface area contributed by atoms with Crippen LogP contribution in [0.25, 0.3) is 0 Å². The zero-order chi connectivity index (χ0) is 18.1. The van der Waals surface area contributed by atoms with E-state index in [2.05, 4.69) is 4.72 Å². The number of anilines is 2. The maximum Gasteiger partial charge on any atom is 0.262 e. The Morgan fingerprint density at radius 1 is 1.08 bits per heavy atom. The van der Waals surface area contributed by atoms with Crippen LogP contribution in [0.5, 0.6) is 0 Å². The molecule has 0 atom stereocenters. The summed E-state index contributed by atoms with van der Waals surface area (Å²) in [5.41, 5.74) is 0.323. The fourth-order valence-corrected chi connectivity index (χ4v) is 3.46. The third-order valence-corrected chi connectivity index (χ3v) is 4.99. The van der Waals surface area contributed by atoms with Crippen LogP contribution in [0, 0.1) is 18.6 Å². The van der Waals surface area contributed by atoms with Crippen molar-refractivity contribution in [2.75, 3.05) is 16.7 Å². The van der Waals surface area contributed by atoms with E-state index in [9.17, 15) is 22.0 Å². The number of rotatable bonds is 4. The van der Waals surface area contributed by atoms with Crippen LogP contribution in [-0.2, 0) is 14.8 Å². The van der Waals surface area contributed by atoms with Crippen molar-refractivity contribution in [3.63, 3.8) is 0 Å². The van der Waals surface area contributed by atoms with Gasteiger partial charge in [-0.05, 0) is 42.8 Å². The fourth-order valence-electron chi connectivity index (χ4n) is 2.17. The van der Waals surface area contributed by atoms with Crippen LogP contribution >= 0.6 is 0 Å². The molecule has 1 N–H and O–H groups in total. The summed E-state index contributed by atoms with van der Waals surface area (Å²) in [7, 11) is -2.64. The highest BCUT2D eigenvalue weighted by Crippen LogP contribution is 2.29. The second-order valence-electron chi connectivity index (χ2n) is 5.25. The molecule has 8 heteroatoms. The molecule has 0 heterocycles. The summed E-state index contributed by atoms with van der Waals surface area (Å²) in [6.07, 6.45) is 0. The smallest absolute Gasteiger partial charge is 0.262 e. The number of halogens is 2. The summed E-state index contributed by atoms with van der Waals surface area (Å²) in [6, 6.07) is 6.63. The first-order chi connectivity index (χ1) is 11.1. The number of hydrogen-bond donors (Lipinski definition) is 1. The van der Waals surface area contributed by atoms with Crippen LogP contribution in [0.2, 0.25) is 0 Å². The lowest BCUT2D eigenvalue weighted by atomic mass is 10.2. The number of carbonyl (C=O) groups excluding carboxylic acids is 1. The summed E-state index contributed by atoms with van der Waals surface area (Å²) in [4.78, 5) is 12.6. The Balaban J connectivity index is 2.50. The number of carbonyl (C=O) groups is 1. The molecule has 1 amide bonds. The van der Waals surface area contributed by atoms with E-state index in [1.165, 1.54) is 31.9 Å². The van der Waals surface area contributed by atoms with Crippen LogP contribution in [0.3, 0.4) is 0 Å². The van der Waals surface area contributed by atoms with E-state index in [1.54, 1.807) is 0 Å². The van der Waals surface area contributed by atoms with Gasteiger partial charge in [-0.15, -0.1) is 0 Å². The molecule has 2 aromatic rings. The van der Waals surface area contributed by atoms with E-state index in [1.807, 2.05) is 0 Å². The highest BCUT2D eigenvalue weighted by Gasteiger charge is 2.21. The topological polar surface area (TPSA) is 66.5 Å². The van der Waals surface area contributed by atoms with Gasteiger partial charge in [0.15, 0.2) is 0 Å². The van der Waals surface area contributed by atoms with Gasteiger partial charge in [-0.2, -0.15) is 0 Å². The minimum atomic E-state index is -4.08. The van der Waals surface area contributed by atoms with Gasteiger partial charge in [0, 0.05) is 20.0 Å². The molecular weight excluding hydrogens is 338 g/mol. The number of nitrogens with one attached hydrogen (secondary N) is 1.